The summed E-state index contributed by atoms with van der Waals surface area (Å²) in [6.45, 7) is 0.303. The van der Waals surface area contributed by atoms with E-state index in [9.17, 15) is 9.90 Å². The van der Waals surface area contributed by atoms with Crippen molar-refractivity contribution in [2.75, 3.05) is 11.9 Å². The SMILES string of the molecule is O=C(Nc1cccnc1)NC1C2COC(O2)C(n2cccn2)C1O. The summed E-state index contributed by atoms with van der Waals surface area (Å²) in [6.07, 6.45) is 4.62. The topological polar surface area (TPSA) is 111 Å². The van der Waals surface area contributed by atoms with Crippen LogP contribution in [0.5, 0.6) is 0 Å². The number of ether oxygens (including phenoxy) is 2. The number of urea groups is 1. The molecule has 2 aliphatic rings. The van der Waals surface area contributed by atoms with Gasteiger partial charge in [-0.3, -0.25) is 9.67 Å². The van der Waals surface area contributed by atoms with Crippen molar-refractivity contribution in [1.29, 1.82) is 0 Å². The zero-order chi connectivity index (χ0) is 16.5. The Morgan fingerprint density at radius 2 is 2.29 bits per heavy atom. The van der Waals surface area contributed by atoms with Crippen LogP contribution in [0.15, 0.2) is 43.0 Å². The number of anilines is 1. The van der Waals surface area contributed by atoms with Crippen molar-refractivity contribution in [2.45, 2.75) is 30.6 Å². The fourth-order valence-electron chi connectivity index (χ4n) is 3.07. The van der Waals surface area contributed by atoms with Gasteiger partial charge in [0.05, 0.1) is 24.5 Å². The molecule has 0 spiro atoms. The zero-order valence-corrected chi connectivity index (χ0v) is 12.6. The second kappa shape index (κ2) is 6.19. The van der Waals surface area contributed by atoms with E-state index in [2.05, 4.69) is 20.7 Å². The maximum Gasteiger partial charge on any atom is 0.319 e. The van der Waals surface area contributed by atoms with Gasteiger partial charge in [0.2, 0.25) is 0 Å². The lowest BCUT2D eigenvalue weighted by Gasteiger charge is -2.38. The summed E-state index contributed by atoms with van der Waals surface area (Å²) in [5.74, 6) is 0. The van der Waals surface area contributed by atoms with Crippen LogP contribution in [0.4, 0.5) is 10.5 Å². The van der Waals surface area contributed by atoms with E-state index >= 15 is 0 Å². The smallest absolute Gasteiger partial charge is 0.319 e. The number of carbonyl (C=O) groups is 1. The maximum absolute atomic E-state index is 12.2. The molecule has 2 bridgehead atoms. The van der Waals surface area contributed by atoms with E-state index in [1.165, 1.54) is 6.20 Å². The predicted octanol–water partition coefficient (Wildman–Crippen LogP) is 0.125. The molecule has 5 atom stereocenters. The molecule has 5 unspecified atom stereocenters. The van der Waals surface area contributed by atoms with Crippen LogP contribution >= 0.6 is 0 Å². The van der Waals surface area contributed by atoms with E-state index in [0.717, 1.165) is 0 Å². The average molecular weight is 331 g/mol. The largest absolute Gasteiger partial charge is 0.388 e. The highest BCUT2D eigenvalue weighted by atomic mass is 16.7. The first kappa shape index (κ1) is 15.1. The number of rotatable bonds is 3. The van der Waals surface area contributed by atoms with Gasteiger partial charge in [-0.1, -0.05) is 0 Å². The Kier molecular flexibility index (Phi) is 3.89. The average Bonchev–Trinajstić information content (AvgIpc) is 3.24. The summed E-state index contributed by atoms with van der Waals surface area (Å²) in [5, 5.41) is 20.3. The molecule has 4 rings (SSSR count). The minimum atomic E-state index is -0.893. The molecular weight excluding hydrogens is 314 g/mol. The van der Waals surface area contributed by atoms with Crippen LogP contribution in [-0.4, -0.2) is 57.0 Å². The number of hydrogen-bond donors (Lipinski definition) is 3. The normalized spacial score (nSPS) is 31.6. The number of aliphatic hydroxyl groups excluding tert-OH is 1. The highest BCUT2D eigenvalue weighted by molar-refractivity contribution is 5.89. The number of carbonyl (C=O) groups excluding carboxylic acids is 1. The lowest BCUT2D eigenvalue weighted by molar-refractivity contribution is -0.166. The van der Waals surface area contributed by atoms with Crippen LogP contribution in [0.2, 0.25) is 0 Å². The lowest BCUT2D eigenvalue weighted by atomic mass is 9.96. The van der Waals surface area contributed by atoms with Crippen molar-refractivity contribution in [3.8, 4) is 0 Å². The van der Waals surface area contributed by atoms with Crippen molar-refractivity contribution in [3.05, 3.63) is 43.0 Å². The Labute approximate surface area is 137 Å². The van der Waals surface area contributed by atoms with Crippen LogP contribution in [0, 0.1) is 0 Å². The van der Waals surface area contributed by atoms with Crippen molar-refractivity contribution in [2.24, 2.45) is 0 Å². The summed E-state index contributed by atoms with van der Waals surface area (Å²) < 4.78 is 12.9. The van der Waals surface area contributed by atoms with E-state index in [1.54, 1.807) is 41.5 Å². The number of nitrogens with zero attached hydrogens (tertiary/aromatic N) is 3. The van der Waals surface area contributed by atoms with Gasteiger partial charge in [0.15, 0.2) is 6.29 Å². The van der Waals surface area contributed by atoms with Crippen molar-refractivity contribution >= 4 is 11.7 Å². The van der Waals surface area contributed by atoms with E-state index < -0.39 is 36.6 Å². The zero-order valence-electron chi connectivity index (χ0n) is 12.6. The van der Waals surface area contributed by atoms with E-state index in [-0.39, 0.29) is 0 Å². The second-order valence-electron chi connectivity index (χ2n) is 5.71. The molecule has 9 heteroatoms. The summed E-state index contributed by atoms with van der Waals surface area (Å²) in [4.78, 5) is 16.1. The quantitative estimate of drug-likeness (QED) is 0.737. The van der Waals surface area contributed by atoms with Crippen LogP contribution < -0.4 is 10.6 Å². The van der Waals surface area contributed by atoms with Gasteiger partial charge in [-0.25, -0.2) is 4.79 Å². The third kappa shape index (κ3) is 2.73. The second-order valence-corrected chi connectivity index (χ2v) is 5.71. The van der Waals surface area contributed by atoms with Gasteiger partial charge in [0.1, 0.15) is 18.2 Å². The van der Waals surface area contributed by atoms with Crippen LogP contribution in [0.3, 0.4) is 0 Å². The highest BCUT2D eigenvalue weighted by Gasteiger charge is 2.51. The van der Waals surface area contributed by atoms with Crippen molar-refractivity contribution in [3.63, 3.8) is 0 Å². The fourth-order valence-corrected chi connectivity index (χ4v) is 3.07. The minimum Gasteiger partial charge on any atom is -0.388 e. The molecule has 2 fully saturated rings. The standard InChI is InChI=1S/C15H17N5O4/c21-13-11(19-15(22)18-9-3-1-4-16-7-9)10-8-23-14(24-10)12(13)20-6-2-5-17-20/h1-7,10-14,21H,8H2,(H2,18,19,22). The van der Waals surface area contributed by atoms with Gasteiger partial charge < -0.3 is 25.2 Å². The molecule has 0 aliphatic carbocycles. The molecule has 2 aromatic rings. The third-order valence-corrected chi connectivity index (χ3v) is 4.18. The molecule has 4 heterocycles. The molecule has 2 aromatic heterocycles. The van der Waals surface area contributed by atoms with Crippen molar-refractivity contribution in [1.82, 2.24) is 20.1 Å². The first-order valence-electron chi connectivity index (χ1n) is 7.64. The number of fused-ring (bicyclic) bond motifs is 2. The van der Waals surface area contributed by atoms with Gasteiger partial charge in [-0.15, -0.1) is 0 Å². The Morgan fingerprint density at radius 1 is 1.38 bits per heavy atom. The molecule has 3 N–H and O–H groups in total. The predicted molar refractivity (Wildman–Crippen MR) is 82.1 cm³/mol. The summed E-state index contributed by atoms with van der Waals surface area (Å²) in [5.41, 5.74) is 0.561. The van der Waals surface area contributed by atoms with Gasteiger partial charge >= 0.3 is 6.03 Å². The van der Waals surface area contributed by atoms with Gasteiger partial charge in [0, 0.05) is 18.6 Å². The molecule has 126 valence electrons. The third-order valence-electron chi connectivity index (χ3n) is 4.18. The fraction of sp³-hybridized carbons (Fsp3) is 0.400. The van der Waals surface area contributed by atoms with Gasteiger partial charge in [-0.2, -0.15) is 5.10 Å². The first-order chi connectivity index (χ1) is 11.7. The van der Waals surface area contributed by atoms with Gasteiger partial charge in [0.25, 0.3) is 0 Å². The van der Waals surface area contributed by atoms with Crippen LogP contribution in [0.1, 0.15) is 6.04 Å². The molecule has 2 aliphatic heterocycles. The van der Waals surface area contributed by atoms with E-state index in [1.807, 2.05) is 0 Å². The molecule has 9 nitrogen and oxygen atoms in total. The monoisotopic (exact) mass is 331 g/mol. The Bertz CT molecular complexity index is 695. The number of aromatic nitrogens is 3. The molecule has 24 heavy (non-hydrogen) atoms. The van der Waals surface area contributed by atoms with Crippen LogP contribution in [-0.2, 0) is 9.47 Å². The number of amides is 2. The molecule has 0 radical (unpaired) electrons. The summed E-state index contributed by atoms with van der Waals surface area (Å²) in [6, 6.07) is 3.61. The molecule has 0 aromatic carbocycles. The van der Waals surface area contributed by atoms with Crippen LogP contribution in [0.25, 0.3) is 0 Å². The molecule has 2 saturated heterocycles. The maximum atomic E-state index is 12.2. The molecular formula is C15H17N5O4. The minimum absolute atomic E-state index is 0.303. The Balaban J connectivity index is 1.48. The molecule has 2 amide bonds. The van der Waals surface area contributed by atoms with E-state index in [4.69, 9.17) is 9.47 Å². The highest BCUT2D eigenvalue weighted by Crippen LogP contribution is 2.35. The lowest BCUT2D eigenvalue weighted by Crippen LogP contribution is -2.59. The first-order valence-corrected chi connectivity index (χ1v) is 7.64. The Morgan fingerprint density at radius 3 is 3.04 bits per heavy atom. The Hall–Kier alpha value is -2.49. The number of hydrogen-bond acceptors (Lipinski definition) is 6. The summed E-state index contributed by atoms with van der Waals surface area (Å²) >= 11 is 0. The number of aliphatic hydroxyl groups is 1. The van der Waals surface area contributed by atoms with Gasteiger partial charge in [-0.05, 0) is 18.2 Å². The van der Waals surface area contributed by atoms with E-state index in [0.29, 0.717) is 12.3 Å². The number of nitrogens with one attached hydrogen (secondary N) is 2. The number of pyridine rings is 1. The van der Waals surface area contributed by atoms with Crippen molar-refractivity contribution < 1.29 is 19.4 Å². The molecule has 0 saturated carbocycles. The summed E-state index contributed by atoms with van der Waals surface area (Å²) in [7, 11) is 0.